The molecule has 0 unspecified atom stereocenters. The molecule has 4 nitrogen and oxygen atoms in total. The number of hydrogen-bond acceptors (Lipinski definition) is 4. The predicted octanol–water partition coefficient (Wildman–Crippen LogP) is 2.06. The van der Waals surface area contributed by atoms with Crippen molar-refractivity contribution in [2.24, 2.45) is 0 Å². The summed E-state index contributed by atoms with van der Waals surface area (Å²) in [7, 11) is 4.09. The van der Waals surface area contributed by atoms with Crippen molar-refractivity contribution in [2.45, 2.75) is 19.8 Å². The number of likely N-dealkylation sites (N-methyl/N-ethyl adjacent to an activating group) is 1. The molecular formula is C11H19ClN4. The standard InChI is InChI=1S/C11H19ClN4/c1-4-5-9-10(12)14-8-15-11(9)13-6-7-16(2)3/h8H,4-7H2,1-3H3,(H,13,14,15). The van der Waals surface area contributed by atoms with E-state index in [-0.39, 0.29) is 0 Å². The fourth-order valence-corrected chi connectivity index (χ4v) is 1.64. The molecule has 5 heteroatoms. The van der Waals surface area contributed by atoms with Crippen molar-refractivity contribution in [2.75, 3.05) is 32.5 Å². The van der Waals surface area contributed by atoms with E-state index >= 15 is 0 Å². The van der Waals surface area contributed by atoms with Gasteiger partial charge < -0.3 is 10.2 Å². The Kier molecular flexibility index (Phi) is 5.49. The Hall–Kier alpha value is -0.870. The van der Waals surface area contributed by atoms with Crippen LogP contribution in [0.2, 0.25) is 5.15 Å². The summed E-state index contributed by atoms with van der Waals surface area (Å²) in [5.74, 6) is 0.865. The van der Waals surface area contributed by atoms with Crippen molar-refractivity contribution < 1.29 is 0 Å². The second-order valence-corrected chi connectivity index (χ2v) is 4.33. The van der Waals surface area contributed by atoms with Crippen LogP contribution in [0.1, 0.15) is 18.9 Å². The minimum Gasteiger partial charge on any atom is -0.368 e. The lowest BCUT2D eigenvalue weighted by Crippen LogP contribution is -2.21. The minimum atomic E-state index is 0.559. The molecule has 1 aromatic heterocycles. The highest BCUT2D eigenvalue weighted by atomic mass is 35.5. The van der Waals surface area contributed by atoms with E-state index in [4.69, 9.17) is 11.6 Å². The molecule has 0 atom stereocenters. The number of nitrogens with one attached hydrogen (secondary N) is 1. The first kappa shape index (κ1) is 13.2. The first-order valence-corrected chi connectivity index (χ1v) is 5.91. The average molecular weight is 243 g/mol. The molecule has 0 aliphatic heterocycles. The van der Waals surface area contributed by atoms with Crippen LogP contribution in [0, 0.1) is 0 Å². The second-order valence-electron chi connectivity index (χ2n) is 3.97. The van der Waals surface area contributed by atoms with Gasteiger partial charge in [-0.3, -0.25) is 0 Å². The number of anilines is 1. The first-order valence-electron chi connectivity index (χ1n) is 5.53. The molecule has 0 aromatic carbocycles. The molecule has 1 aromatic rings. The van der Waals surface area contributed by atoms with E-state index in [2.05, 4.69) is 27.1 Å². The van der Waals surface area contributed by atoms with Crippen LogP contribution < -0.4 is 5.32 Å². The Morgan fingerprint density at radius 3 is 2.75 bits per heavy atom. The van der Waals surface area contributed by atoms with Crippen LogP contribution >= 0.6 is 11.6 Å². The second kappa shape index (κ2) is 6.66. The van der Waals surface area contributed by atoms with Gasteiger partial charge in [0.2, 0.25) is 0 Å². The fraction of sp³-hybridized carbons (Fsp3) is 0.636. The smallest absolute Gasteiger partial charge is 0.137 e. The Labute approximate surface area is 102 Å². The van der Waals surface area contributed by atoms with Gasteiger partial charge in [-0.25, -0.2) is 9.97 Å². The third-order valence-electron chi connectivity index (χ3n) is 2.24. The third-order valence-corrected chi connectivity index (χ3v) is 2.57. The van der Waals surface area contributed by atoms with Gasteiger partial charge in [-0.1, -0.05) is 24.9 Å². The van der Waals surface area contributed by atoms with Gasteiger partial charge in [0, 0.05) is 18.7 Å². The van der Waals surface area contributed by atoms with Crippen LogP contribution in [0.4, 0.5) is 5.82 Å². The van der Waals surface area contributed by atoms with E-state index < -0.39 is 0 Å². The Morgan fingerprint density at radius 2 is 2.12 bits per heavy atom. The molecule has 0 saturated heterocycles. The van der Waals surface area contributed by atoms with Crippen LogP contribution in [0.5, 0.6) is 0 Å². The molecule has 1 rings (SSSR count). The molecule has 0 aliphatic rings. The zero-order chi connectivity index (χ0) is 12.0. The molecule has 0 spiro atoms. The molecule has 0 bridgehead atoms. The summed E-state index contributed by atoms with van der Waals surface area (Å²) in [6.45, 7) is 3.94. The van der Waals surface area contributed by atoms with Crippen molar-refractivity contribution in [1.82, 2.24) is 14.9 Å². The lowest BCUT2D eigenvalue weighted by Gasteiger charge is -2.13. The quantitative estimate of drug-likeness (QED) is 0.776. The highest BCUT2D eigenvalue weighted by molar-refractivity contribution is 6.30. The molecular weight excluding hydrogens is 224 g/mol. The molecule has 0 fully saturated rings. The van der Waals surface area contributed by atoms with Crippen LogP contribution in [-0.2, 0) is 6.42 Å². The zero-order valence-corrected chi connectivity index (χ0v) is 10.9. The Bertz CT molecular complexity index is 328. The van der Waals surface area contributed by atoms with Crippen molar-refractivity contribution in [3.63, 3.8) is 0 Å². The van der Waals surface area contributed by atoms with Crippen LogP contribution in [-0.4, -0.2) is 42.1 Å². The van der Waals surface area contributed by atoms with Crippen molar-refractivity contribution in [3.05, 3.63) is 17.0 Å². The number of hydrogen-bond donors (Lipinski definition) is 1. The van der Waals surface area contributed by atoms with Crippen molar-refractivity contribution in [1.29, 1.82) is 0 Å². The average Bonchev–Trinajstić information content (AvgIpc) is 2.22. The van der Waals surface area contributed by atoms with E-state index in [1.807, 2.05) is 14.1 Å². The van der Waals surface area contributed by atoms with Gasteiger partial charge in [-0.2, -0.15) is 0 Å². The summed E-state index contributed by atoms with van der Waals surface area (Å²) in [6, 6.07) is 0. The lowest BCUT2D eigenvalue weighted by atomic mass is 10.2. The van der Waals surface area contributed by atoms with Crippen LogP contribution in [0.15, 0.2) is 6.33 Å². The van der Waals surface area contributed by atoms with Gasteiger partial charge in [0.25, 0.3) is 0 Å². The highest BCUT2D eigenvalue weighted by Crippen LogP contribution is 2.20. The van der Waals surface area contributed by atoms with E-state index in [0.717, 1.165) is 37.3 Å². The van der Waals surface area contributed by atoms with E-state index in [9.17, 15) is 0 Å². The highest BCUT2D eigenvalue weighted by Gasteiger charge is 2.08. The summed E-state index contributed by atoms with van der Waals surface area (Å²) in [4.78, 5) is 10.4. The molecule has 1 N–H and O–H groups in total. The number of nitrogens with zero attached hydrogens (tertiary/aromatic N) is 3. The van der Waals surface area contributed by atoms with E-state index in [1.165, 1.54) is 6.33 Å². The maximum absolute atomic E-state index is 6.05. The van der Waals surface area contributed by atoms with Crippen LogP contribution in [0.3, 0.4) is 0 Å². The van der Waals surface area contributed by atoms with Crippen molar-refractivity contribution >= 4 is 17.4 Å². The number of halogens is 1. The largest absolute Gasteiger partial charge is 0.368 e. The van der Waals surface area contributed by atoms with E-state index in [0.29, 0.717) is 5.15 Å². The third kappa shape index (κ3) is 3.94. The van der Waals surface area contributed by atoms with Gasteiger partial charge in [0.15, 0.2) is 0 Å². The van der Waals surface area contributed by atoms with Gasteiger partial charge in [-0.05, 0) is 20.5 Å². The topological polar surface area (TPSA) is 41.1 Å². The molecule has 0 amide bonds. The van der Waals surface area contributed by atoms with Crippen molar-refractivity contribution in [3.8, 4) is 0 Å². The summed E-state index contributed by atoms with van der Waals surface area (Å²) < 4.78 is 0. The van der Waals surface area contributed by atoms with Crippen LogP contribution in [0.25, 0.3) is 0 Å². The molecule has 90 valence electrons. The summed E-state index contributed by atoms with van der Waals surface area (Å²) in [5, 5.41) is 3.85. The van der Waals surface area contributed by atoms with E-state index in [1.54, 1.807) is 0 Å². The maximum Gasteiger partial charge on any atom is 0.137 e. The van der Waals surface area contributed by atoms with Gasteiger partial charge in [0.1, 0.15) is 17.3 Å². The molecule has 16 heavy (non-hydrogen) atoms. The summed E-state index contributed by atoms with van der Waals surface area (Å²) >= 11 is 6.05. The first-order chi connectivity index (χ1) is 7.65. The Balaban J connectivity index is 2.66. The number of rotatable bonds is 6. The summed E-state index contributed by atoms with van der Waals surface area (Å²) in [6.07, 6.45) is 3.44. The molecule has 0 aliphatic carbocycles. The Morgan fingerprint density at radius 1 is 1.38 bits per heavy atom. The normalized spacial score (nSPS) is 10.8. The van der Waals surface area contributed by atoms with Gasteiger partial charge in [-0.15, -0.1) is 0 Å². The molecule has 0 saturated carbocycles. The SMILES string of the molecule is CCCc1c(Cl)ncnc1NCCN(C)C. The predicted molar refractivity (Wildman–Crippen MR) is 68.1 cm³/mol. The van der Waals surface area contributed by atoms with Gasteiger partial charge >= 0.3 is 0 Å². The lowest BCUT2D eigenvalue weighted by molar-refractivity contribution is 0.425. The molecule has 0 radical (unpaired) electrons. The summed E-state index contributed by atoms with van der Waals surface area (Å²) in [5.41, 5.74) is 1.02. The zero-order valence-electron chi connectivity index (χ0n) is 10.1. The molecule has 1 heterocycles. The van der Waals surface area contributed by atoms with Gasteiger partial charge in [0.05, 0.1) is 0 Å². The fourth-order valence-electron chi connectivity index (χ4n) is 1.41. The maximum atomic E-state index is 6.05. The number of aromatic nitrogens is 2. The minimum absolute atomic E-state index is 0.559. The monoisotopic (exact) mass is 242 g/mol.